The molecule has 0 spiro atoms. The average Bonchev–Trinajstić information content (AvgIpc) is 1.58. The SMILES string of the molecule is FC(F)(F)c1ccc2c(c1)[nH]c1ccccc12.[C-]#[N+]c1c(-n2c3ccccc3c3ccc(C(F)(F)F)cc32)c(C#N)c(-n2c3ccccc3c3ccc(C(F)(F)F)cc32)c(-n2c3ccccc3c3ccc(C)cc32)c1-n1c2ccccc2c2ccc(C)cc21.[C-]#[N+]c1c(F)c(F)c(F)c(C#N)c1F. The topological polar surface area (TPSA) is 91.8 Å². The van der Waals surface area contributed by atoms with Gasteiger partial charge in [0.05, 0.1) is 102 Å². The Kier molecular flexibility index (Phi) is 15.5. The van der Waals surface area contributed by atoms with E-state index in [0.29, 0.717) is 65.8 Å². The third kappa shape index (κ3) is 10.4. The summed E-state index contributed by atoms with van der Waals surface area (Å²) in [4.78, 5) is 9.73. The van der Waals surface area contributed by atoms with Gasteiger partial charge in [0.2, 0.25) is 5.69 Å². The second-order valence-electron chi connectivity index (χ2n) is 24.4. The van der Waals surface area contributed by atoms with Crippen LogP contribution < -0.4 is 0 Å². The fraction of sp³-hybridized carbons (Fsp3) is 0.0617. The third-order valence-corrected chi connectivity index (χ3v) is 18.4. The lowest BCUT2D eigenvalue weighted by Gasteiger charge is -2.27. The van der Waals surface area contributed by atoms with Crippen LogP contribution in [0.15, 0.2) is 212 Å². The number of benzene rings is 12. The molecule has 1 N–H and O–H groups in total. The van der Waals surface area contributed by atoms with Crippen LogP contribution in [0.3, 0.4) is 0 Å². The van der Waals surface area contributed by atoms with Crippen molar-refractivity contribution in [3.05, 3.63) is 297 Å². The molecule has 17 rings (SSSR count). The van der Waals surface area contributed by atoms with E-state index in [1.54, 1.807) is 51.6 Å². The first kappa shape index (κ1) is 65.6. The molecule has 0 saturated carbocycles. The minimum Gasteiger partial charge on any atom is -0.354 e. The predicted molar refractivity (Wildman–Crippen MR) is 372 cm³/mol. The molecule has 0 unspecified atom stereocenters. The molecule has 103 heavy (non-hydrogen) atoms. The second kappa shape index (κ2) is 24.3. The van der Waals surface area contributed by atoms with Crippen LogP contribution >= 0.6 is 0 Å². The first-order chi connectivity index (χ1) is 49.4. The Bertz CT molecular complexity index is 6620. The van der Waals surface area contributed by atoms with Crippen molar-refractivity contribution in [1.29, 1.82) is 10.5 Å². The van der Waals surface area contributed by atoms with Gasteiger partial charge in [-0.05, 0) is 104 Å². The van der Waals surface area contributed by atoms with Crippen LogP contribution in [0.25, 0.3) is 141 Å². The molecule has 17 aromatic rings. The van der Waals surface area contributed by atoms with E-state index in [4.69, 9.17) is 11.8 Å². The minimum absolute atomic E-state index is 0.0415. The number of hydrogen-bond acceptors (Lipinski definition) is 2. The van der Waals surface area contributed by atoms with Gasteiger partial charge in [-0.15, -0.1) is 0 Å². The number of H-pyrrole nitrogens is 1. The molecule has 22 heteroatoms. The van der Waals surface area contributed by atoms with Crippen molar-refractivity contribution < 1.29 is 57.1 Å². The summed E-state index contributed by atoms with van der Waals surface area (Å²) in [5.41, 5.74) is 2.18. The van der Waals surface area contributed by atoms with E-state index in [1.165, 1.54) is 18.2 Å². The summed E-state index contributed by atoms with van der Waals surface area (Å²) in [6.45, 7) is 19.7. The van der Waals surface area contributed by atoms with Gasteiger partial charge in [-0.3, -0.25) is 0 Å². The maximum atomic E-state index is 15.1. The van der Waals surface area contributed by atoms with E-state index < -0.39 is 69.7 Å². The van der Waals surface area contributed by atoms with E-state index in [2.05, 4.69) is 20.7 Å². The molecule has 5 heterocycles. The number of nitrogens with one attached hydrogen (secondary N) is 1. The number of hydrogen-bond donors (Lipinski definition) is 1. The van der Waals surface area contributed by atoms with Crippen LogP contribution in [0.1, 0.15) is 38.9 Å². The number of nitrogens with zero attached hydrogens (tertiary/aromatic N) is 8. The number of aryl methyl sites for hydroxylation is 2. The minimum atomic E-state index is -4.77. The predicted octanol–water partition coefficient (Wildman–Crippen LogP) is 24.2. The van der Waals surface area contributed by atoms with Gasteiger partial charge in [-0.1, -0.05) is 133 Å². The highest BCUT2D eigenvalue weighted by atomic mass is 19.4. The van der Waals surface area contributed by atoms with Crippen LogP contribution in [0.2, 0.25) is 0 Å². The third-order valence-electron chi connectivity index (χ3n) is 18.4. The van der Waals surface area contributed by atoms with Crippen LogP contribution in [0.4, 0.5) is 68.5 Å². The van der Waals surface area contributed by atoms with Crippen molar-refractivity contribution in [3.63, 3.8) is 0 Å². The Morgan fingerprint density at radius 1 is 0.320 bits per heavy atom. The lowest BCUT2D eigenvalue weighted by atomic mass is 10.0. The molecule has 0 fully saturated rings. The standard InChI is InChI=1S/C60H34F6N6.C13H8F3N.C8F4N2/c1-33-20-24-41-37-12-6-10-18-48(37)71(50(41)28-33)57-54(68-3)55(69-46-16-8-4-14-39(46)43-26-22-35(30-52(43)69)59(61,62)63)45(32-67)56(58(57)72-49-19-11-7-13-38(49)42-25-21-34(2)29-51(42)72)70-47-17-9-5-15-40(47)44-27-23-36(31-53(44)70)60(64,65)66;14-13(15,16)8-5-6-10-9-3-1-2-4-11(9)17-12(10)7-8;1-14-8-5(10)3(2-13)4(9)6(11)7(8)12/h4-31H,1-2H3;1-7,17H;. The molecule has 0 radical (unpaired) electrons. The zero-order valence-electron chi connectivity index (χ0n) is 53.2. The monoisotopic (exact) mass is 1390 g/mol. The maximum Gasteiger partial charge on any atom is 0.416 e. The molecule has 0 aliphatic carbocycles. The molecular weight excluding hydrogens is 1350 g/mol. The van der Waals surface area contributed by atoms with Crippen LogP contribution in [-0.4, -0.2) is 23.3 Å². The fourth-order valence-corrected chi connectivity index (χ4v) is 14.0. The Balaban J connectivity index is 0.000000226. The molecule has 0 atom stereocenters. The number of rotatable bonds is 4. The van der Waals surface area contributed by atoms with E-state index in [0.717, 1.165) is 91.4 Å². The van der Waals surface area contributed by atoms with Crippen LogP contribution in [0.5, 0.6) is 0 Å². The largest absolute Gasteiger partial charge is 0.416 e. The number of alkyl halides is 9. The Morgan fingerprint density at radius 3 is 1.09 bits per heavy atom. The van der Waals surface area contributed by atoms with Crippen molar-refractivity contribution in [2.75, 3.05) is 0 Å². The van der Waals surface area contributed by atoms with Gasteiger partial charge >= 0.3 is 18.5 Å². The summed E-state index contributed by atoms with van der Waals surface area (Å²) >= 11 is 0. The smallest absolute Gasteiger partial charge is 0.354 e. The van der Waals surface area contributed by atoms with Crippen LogP contribution in [-0.2, 0) is 18.5 Å². The molecule has 9 nitrogen and oxygen atoms in total. The maximum absolute atomic E-state index is 15.1. The quantitative estimate of drug-likeness (QED) is 0.0823. The van der Waals surface area contributed by atoms with Gasteiger partial charge in [-0.2, -0.15) is 50.0 Å². The van der Waals surface area contributed by atoms with Gasteiger partial charge in [0.1, 0.15) is 17.7 Å². The van der Waals surface area contributed by atoms with E-state index in [1.807, 2.05) is 138 Å². The molecule has 502 valence electrons. The summed E-state index contributed by atoms with van der Waals surface area (Å²) in [5.74, 6) is -7.54. The Morgan fingerprint density at radius 2 is 0.660 bits per heavy atom. The Labute approximate surface area is 573 Å². The molecular formula is C81H42F13N9. The molecule has 5 aromatic heterocycles. The number of aromatic amines is 1. The zero-order chi connectivity index (χ0) is 72.5. The van der Waals surface area contributed by atoms with E-state index in [9.17, 15) is 55.7 Å². The Hall–Kier alpha value is -13.3. The summed E-state index contributed by atoms with van der Waals surface area (Å²) < 4.78 is 186. The van der Waals surface area contributed by atoms with E-state index in [-0.39, 0.29) is 39.3 Å². The lowest BCUT2D eigenvalue weighted by molar-refractivity contribution is -0.138. The molecule has 0 saturated heterocycles. The first-order valence-electron chi connectivity index (χ1n) is 31.3. The van der Waals surface area contributed by atoms with Crippen molar-refractivity contribution >= 4 is 120 Å². The number of fused-ring (bicyclic) bond motifs is 15. The van der Waals surface area contributed by atoms with Crippen LogP contribution in [0, 0.1) is 72.9 Å². The number of aromatic nitrogens is 5. The van der Waals surface area contributed by atoms with Crippen molar-refractivity contribution in [2.24, 2.45) is 0 Å². The van der Waals surface area contributed by atoms with E-state index >= 15 is 13.2 Å². The summed E-state index contributed by atoms with van der Waals surface area (Å²) in [6, 6.07) is 63.4. The zero-order valence-corrected chi connectivity index (χ0v) is 53.2. The first-order valence-corrected chi connectivity index (χ1v) is 31.3. The highest BCUT2D eigenvalue weighted by molar-refractivity contribution is 6.17. The highest BCUT2D eigenvalue weighted by Crippen LogP contribution is 2.53. The molecule has 0 bridgehead atoms. The van der Waals surface area contributed by atoms with Crippen molar-refractivity contribution in [1.82, 2.24) is 23.3 Å². The lowest BCUT2D eigenvalue weighted by Crippen LogP contribution is -2.15. The van der Waals surface area contributed by atoms with Gasteiger partial charge in [-0.25, -0.2) is 27.3 Å². The van der Waals surface area contributed by atoms with Gasteiger partial charge in [0.25, 0.3) is 5.69 Å². The summed E-state index contributed by atoms with van der Waals surface area (Å²) in [5, 5.41) is 27.6. The molecule has 12 aromatic carbocycles. The second-order valence-corrected chi connectivity index (χ2v) is 24.4. The average molecular weight is 1390 g/mol. The molecule has 0 amide bonds. The van der Waals surface area contributed by atoms with Crippen molar-refractivity contribution in [3.8, 4) is 34.9 Å². The number of halogens is 13. The highest BCUT2D eigenvalue weighted by Gasteiger charge is 2.38. The normalized spacial score (nSPS) is 12.0. The number of para-hydroxylation sites is 5. The summed E-state index contributed by atoms with van der Waals surface area (Å²) in [7, 11) is 0. The molecule has 0 aliphatic rings. The van der Waals surface area contributed by atoms with Gasteiger partial charge in [0.15, 0.2) is 23.3 Å². The fourth-order valence-electron chi connectivity index (χ4n) is 14.0. The summed E-state index contributed by atoms with van der Waals surface area (Å²) in [6.07, 6.45) is -13.8. The van der Waals surface area contributed by atoms with Crippen molar-refractivity contribution in [2.45, 2.75) is 32.4 Å². The number of nitriles is 2. The van der Waals surface area contributed by atoms with Gasteiger partial charge < -0.3 is 23.3 Å². The van der Waals surface area contributed by atoms with Gasteiger partial charge in [0, 0.05) is 64.9 Å². The molecule has 0 aliphatic heterocycles.